The standard InChI is InChI=1S/C28H31N3O5S/c1-4-7-15-36-23-13-10-20(17-24(23)34-6-3)18-25-27(33)31-28(37-25)29-26(32)22(30-31)16-19-8-11-21(12-9-19)35-14-5-2/h8-13,17-18H,4-7,14-16H2,1-3H3. The molecule has 0 fully saturated rings. The number of hydrogen-bond acceptors (Lipinski definition) is 8. The Morgan fingerprint density at radius 2 is 1.73 bits per heavy atom. The zero-order chi connectivity index (χ0) is 26.2. The van der Waals surface area contributed by atoms with Crippen molar-refractivity contribution in [2.24, 2.45) is 0 Å². The number of unbranched alkanes of at least 4 members (excludes halogenated alkanes) is 1. The number of fused-ring (bicyclic) bond motifs is 1. The molecule has 0 N–H and O–H groups in total. The van der Waals surface area contributed by atoms with Gasteiger partial charge in [-0.25, -0.2) is 0 Å². The Hall–Kier alpha value is -3.72. The van der Waals surface area contributed by atoms with E-state index in [1.165, 1.54) is 4.52 Å². The second kappa shape index (κ2) is 12.5. The van der Waals surface area contributed by atoms with Gasteiger partial charge in [0.15, 0.2) is 11.5 Å². The Balaban J connectivity index is 1.62. The van der Waals surface area contributed by atoms with E-state index in [4.69, 9.17) is 14.2 Å². The van der Waals surface area contributed by atoms with Gasteiger partial charge < -0.3 is 14.2 Å². The molecule has 0 radical (unpaired) electrons. The molecular formula is C28H31N3O5S. The van der Waals surface area contributed by atoms with Crippen LogP contribution in [0.25, 0.3) is 11.0 Å². The number of rotatable bonds is 12. The van der Waals surface area contributed by atoms with E-state index >= 15 is 0 Å². The van der Waals surface area contributed by atoms with E-state index in [0.717, 1.165) is 47.5 Å². The number of thiazole rings is 1. The maximum atomic E-state index is 13.1. The summed E-state index contributed by atoms with van der Waals surface area (Å²) in [4.78, 5) is 30.1. The van der Waals surface area contributed by atoms with E-state index < -0.39 is 5.56 Å². The summed E-state index contributed by atoms with van der Waals surface area (Å²) in [5.41, 5.74) is 1.12. The molecule has 0 bridgehead atoms. The van der Waals surface area contributed by atoms with Gasteiger partial charge in [0.25, 0.3) is 11.1 Å². The molecule has 0 amide bonds. The summed E-state index contributed by atoms with van der Waals surface area (Å²) in [5, 5.41) is 4.35. The molecule has 0 aliphatic heterocycles. The van der Waals surface area contributed by atoms with Crippen molar-refractivity contribution in [3.05, 3.63) is 84.5 Å². The molecule has 2 aromatic carbocycles. The third-order valence-electron chi connectivity index (χ3n) is 5.54. The Morgan fingerprint density at radius 1 is 0.919 bits per heavy atom. The van der Waals surface area contributed by atoms with Gasteiger partial charge in [0.2, 0.25) is 4.96 Å². The summed E-state index contributed by atoms with van der Waals surface area (Å²) >= 11 is 1.13. The smallest absolute Gasteiger partial charge is 0.296 e. The summed E-state index contributed by atoms with van der Waals surface area (Å²) in [5.74, 6) is 2.08. The predicted octanol–water partition coefficient (Wildman–Crippen LogP) is 4.02. The summed E-state index contributed by atoms with van der Waals surface area (Å²) in [7, 11) is 0. The van der Waals surface area contributed by atoms with Crippen molar-refractivity contribution in [3.63, 3.8) is 0 Å². The van der Waals surface area contributed by atoms with Crippen molar-refractivity contribution in [1.82, 2.24) is 14.6 Å². The number of hydrogen-bond donors (Lipinski definition) is 0. The molecule has 0 saturated carbocycles. The van der Waals surface area contributed by atoms with Gasteiger partial charge in [-0.1, -0.05) is 49.8 Å². The van der Waals surface area contributed by atoms with Crippen LogP contribution in [0.2, 0.25) is 0 Å². The van der Waals surface area contributed by atoms with E-state index in [1.807, 2.05) is 56.3 Å². The Labute approximate surface area is 219 Å². The molecule has 2 heterocycles. The summed E-state index contributed by atoms with van der Waals surface area (Å²) in [6.07, 6.45) is 4.95. The lowest BCUT2D eigenvalue weighted by Gasteiger charge is -2.12. The number of ether oxygens (including phenoxy) is 3. The van der Waals surface area contributed by atoms with Gasteiger partial charge in [-0.15, -0.1) is 0 Å². The van der Waals surface area contributed by atoms with Crippen LogP contribution in [0, 0.1) is 0 Å². The number of aromatic nitrogens is 3. The number of benzene rings is 2. The van der Waals surface area contributed by atoms with Crippen LogP contribution in [0.15, 0.2) is 52.1 Å². The molecule has 9 heteroatoms. The van der Waals surface area contributed by atoms with E-state index in [9.17, 15) is 9.59 Å². The monoisotopic (exact) mass is 521 g/mol. The maximum Gasteiger partial charge on any atom is 0.296 e. The molecule has 0 saturated heterocycles. The molecule has 4 aromatic rings. The second-order valence-electron chi connectivity index (χ2n) is 8.48. The van der Waals surface area contributed by atoms with Crippen molar-refractivity contribution < 1.29 is 14.2 Å². The maximum absolute atomic E-state index is 13.1. The Bertz CT molecular complexity index is 1510. The zero-order valence-electron chi connectivity index (χ0n) is 21.4. The lowest BCUT2D eigenvalue weighted by molar-refractivity contribution is 0.272. The van der Waals surface area contributed by atoms with Gasteiger partial charge >= 0.3 is 0 Å². The zero-order valence-corrected chi connectivity index (χ0v) is 22.2. The highest BCUT2D eigenvalue weighted by atomic mass is 32.1. The van der Waals surface area contributed by atoms with Crippen molar-refractivity contribution in [3.8, 4) is 17.2 Å². The minimum atomic E-state index is -0.439. The van der Waals surface area contributed by atoms with Gasteiger partial charge in [-0.05, 0) is 61.2 Å². The molecule has 0 unspecified atom stereocenters. The van der Waals surface area contributed by atoms with Crippen LogP contribution in [0.3, 0.4) is 0 Å². The lowest BCUT2D eigenvalue weighted by atomic mass is 10.1. The third kappa shape index (κ3) is 6.54. The van der Waals surface area contributed by atoms with Crippen LogP contribution < -0.4 is 29.9 Å². The molecule has 4 rings (SSSR count). The van der Waals surface area contributed by atoms with Crippen LogP contribution in [0.1, 0.15) is 56.9 Å². The van der Waals surface area contributed by atoms with Gasteiger partial charge in [-0.2, -0.15) is 14.6 Å². The summed E-state index contributed by atoms with van der Waals surface area (Å²) < 4.78 is 18.8. The fourth-order valence-electron chi connectivity index (χ4n) is 3.65. The Kier molecular flexibility index (Phi) is 8.90. The predicted molar refractivity (Wildman–Crippen MR) is 145 cm³/mol. The average Bonchev–Trinajstić information content (AvgIpc) is 3.19. The molecule has 0 atom stereocenters. The highest BCUT2D eigenvalue weighted by molar-refractivity contribution is 7.15. The summed E-state index contributed by atoms with van der Waals surface area (Å²) in [6, 6.07) is 13.1. The molecular weight excluding hydrogens is 490 g/mol. The first kappa shape index (κ1) is 26.3. The highest BCUT2D eigenvalue weighted by Gasteiger charge is 2.13. The van der Waals surface area contributed by atoms with Crippen molar-refractivity contribution >= 4 is 22.4 Å². The lowest BCUT2D eigenvalue weighted by Crippen LogP contribution is -2.28. The van der Waals surface area contributed by atoms with E-state index in [1.54, 1.807) is 6.08 Å². The fourth-order valence-corrected chi connectivity index (χ4v) is 4.55. The molecule has 0 aliphatic rings. The summed E-state index contributed by atoms with van der Waals surface area (Å²) in [6.45, 7) is 7.83. The van der Waals surface area contributed by atoms with Crippen molar-refractivity contribution in [2.75, 3.05) is 19.8 Å². The fraction of sp³-hybridized carbons (Fsp3) is 0.357. The molecule has 2 aromatic heterocycles. The van der Waals surface area contributed by atoms with Gasteiger partial charge in [0.1, 0.15) is 11.4 Å². The first-order valence-corrected chi connectivity index (χ1v) is 13.4. The molecule has 0 aliphatic carbocycles. The minimum Gasteiger partial charge on any atom is -0.494 e. The molecule has 8 nitrogen and oxygen atoms in total. The average molecular weight is 522 g/mol. The van der Waals surface area contributed by atoms with Crippen LogP contribution >= 0.6 is 11.3 Å². The van der Waals surface area contributed by atoms with Crippen molar-refractivity contribution in [1.29, 1.82) is 0 Å². The van der Waals surface area contributed by atoms with Crippen LogP contribution in [-0.4, -0.2) is 34.4 Å². The first-order chi connectivity index (χ1) is 18.0. The Morgan fingerprint density at radius 3 is 2.46 bits per heavy atom. The SMILES string of the molecule is CCCCOc1ccc(C=c2sc3nc(=O)c(Cc4ccc(OCCC)cc4)nn3c2=O)cc1OCC. The second-order valence-corrected chi connectivity index (χ2v) is 9.49. The van der Waals surface area contributed by atoms with Gasteiger partial charge in [0, 0.05) is 6.42 Å². The first-order valence-electron chi connectivity index (χ1n) is 12.6. The van der Waals surface area contributed by atoms with Crippen LogP contribution in [0.4, 0.5) is 0 Å². The van der Waals surface area contributed by atoms with E-state index in [2.05, 4.69) is 17.0 Å². The topological polar surface area (TPSA) is 92.0 Å². The van der Waals surface area contributed by atoms with Crippen molar-refractivity contribution in [2.45, 2.75) is 46.5 Å². The number of nitrogens with zero attached hydrogens (tertiary/aromatic N) is 3. The molecule has 0 spiro atoms. The highest BCUT2D eigenvalue weighted by Crippen LogP contribution is 2.29. The largest absolute Gasteiger partial charge is 0.494 e. The molecule has 37 heavy (non-hydrogen) atoms. The van der Waals surface area contributed by atoms with Crippen LogP contribution in [-0.2, 0) is 6.42 Å². The van der Waals surface area contributed by atoms with E-state index in [0.29, 0.717) is 35.9 Å². The van der Waals surface area contributed by atoms with E-state index in [-0.39, 0.29) is 22.6 Å². The molecule has 194 valence electrons. The minimum absolute atomic E-state index is 0.216. The van der Waals surface area contributed by atoms with Gasteiger partial charge in [-0.3, -0.25) is 9.59 Å². The van der Waals surface area contributed by atoms with Crippen LogP contribution in [0.5, 0.6) is 17.2 Å². The third-order valence-corrected chi connectivity index (χ3v) is 6.50. The quantitative estimate of drug-likeness (QED) is 0.260. The normalized spacial score (nSPS) is 11.7. The van der Waals surface area contributed by atoms with Gasteiger partial charge in [0.05, 0.1) is 24.4 Å².